The summed E-state index contributed by atoms with van der Waals surface area (Å²) in [5.41, 5.74) is 11.4. The number of hydrogen-bond donors (Lipinski definition) is 3. The van der Waals surface area contributed by atoms with E-state index >= 15 is 0 Å². The van der Waals surface area contributed by atoms with Crippen LogP contribution in [0.2, 0.25) is 0 Å². The van der Waals surface area contributed by atoms with Crippen molar-refractivity contribution in [3.63, 3.8) is 0 Å². The molecule has 0 bridgehead atoms. The number of nitrogen functional groups attached to an aromatic ring is 1. The van der Waals surface area contributed by atoms with Gasteiger partial charge in [-0.05, 0) is 18.7 Å². The summed E-state index contributed by atoms with van der Waals surface area (Å²) in [4.78, 5) is 15.2. The van der Waals surface area contributed by atoms with Gasteiger partial charge < -0.3 is 16.8 Å². The molecular formula is C11H18N4OS. The summed E-state index contributed by atoms with van der Waals surface area (Å²) in [5, 5.41) is 3.20. The van der Waals surface area contributed by atoms with Crippen LogP contribution in [-0.4, -0.2) is 28.4 Å². The normalized spacial score (nSPS) is 12.1. The molecule has 94 valence electrons. The van der Waals surface area contributed by atoms with E-state index in [0.29, 0.717) is 17.1 Å². The lowest BCUT2D eigenvalue weighted by Crippen LogP contribution is -2.20. The van der Waals surface area contributed by atoms with E-state index < -0.39 is 5.91 Å². The first kappa shape index (κ1) is 13.6. The quantitative estimate of drug-likeness (QED) is 0.711. The number of thioether (sulfide) groups is 1. The lowest BCUT2D eigenvalue weighted by molar-refractivity contribution is 0.100. The highest BCUT2D eigenvalue weighted by Crippen LogP contribution is 2.15. The Morgan fingerprint density at radius 3 is 2.94 bits per heavy atom. The largest absolute Gasteiger partial charge is 0.397 e. The third-order valence-electron chi connectivity index (χ3n) is 2.17. The molecule has 0 aliphatic heterocycles. The van der Waals surface area contributed by atoms with Crippen LogP contribution in [0.1, 0.15) is 24.2 Å². The van der Waals surface area contributed by atoms with Crippen LogP contribution in [0.25, 0.3) is 0 Å². The maximum Gasteiger partial charge on any atom is 0.250 e. The fourth-order valence-corrected chi connectivity index (χ4v) is 2.02. The summed E-state index contributed by atoms with van der Waals surface area (Å²) < 4.78 is 0. The number of amides is 1. The summed E-state index contributed by atoms with van der Waals surface area (Å²) >= 11 is 1.84. The van der Waals surface area contributed by atoms with Gasteiger partial charge in [-0.25, -0.2) is 4.98 Å². The monoisotopic (exact) mass is 254 g/mol. The molecule has 5 nitrogen and oxygen atoms in total. The Morgan fingerprint density at radius 2 is 2.35 bits per heavy atom. The number of nitrogens with two attached hydrogens (primary N) is 2. The van der Waals surface area contributed by atoms with Crippen LogP contribution in [0, 0.1) is 0 Å². The third-order valence-corrected chi connectivity index (χ3v) is 3.31. The van der Waals surface area contributed by atoms with E-state index in [1.807, 2.05) is 11.8 Å². The Bertz CT molecular complexity index is 397. The van der Waals surface area contributed by atoms with E-state index in [1.54, 1.807) is 6.07 Å². The maximum atomic E-state index is 11.1. The van der Waals surface area contributed by atoms with E-state index in [0.717, 1.165) is 11.5 Å². The summed E-state index contributed by atoms with van der Waals surface area (Å²) in [5.74, 6) is 2.14. The highest BCUT2D eigenvalue weighted by atomic mass is 32.2. The topological polar surface area (TPSA) is 94.0 Å². The number of pyridine rings is 1. The Balaban J connectivity index is 2.72. The van der Waals surface area contributed by atoms with Crippen molar-refractivity contribution < 1.29 is 4.79 Å². The minimum absolute atomic E-state index is 0.275. The van der Waals surface area contributed by atoms with Crippen LogP contribution in [0.5, 0.6) is 0 Å². The van der Waals surface area contributed by atoms with E-state index in [2.05, 4.69) is 24.1 Å². The number of anilines is 2. The minimum atomic E-state index is -0.538. The van der Waals surface area contributed by atoms with Crippen molar-refractivity contribution in [1.29, 1.82) is 0 Å². The average Bonchev–Trinajstić information content (AvgIpc) is 2.28. The van der Waals surface area contributed by atoms with E-state index in [9.17, 15) is 4.79 Å². The van der Waals surface area contributed by atoms with Gasteiger partial charge in [0.1, 0.15) is 5.82 Å². The molecule has 0 aliphatic rings. The second kappa shape index (κ2) is 6.34. The maximum absolute atomic E-state index is 11.1. The van der Waals surface area contributed by atoms with Gasteiger partial charge in [0.2, 0.25) is 0 Å². The van der Waals surface area contributed by atoms with Gasteiger partial charge in [0, 0.05) is 11.8 Å². The highest BCUT2D eigenvalue weighted by Gasteiger charge is 2.09. The molecule has 6 heteroatoms. The molecule has 0 fully saturated rings. The Hall–Kier alpha value is -1.43. The molecule has 0 aromatic carbocycles. The summed E-state index contributed by atoms with van der Waals surface area (Å²) in [7, 11) is 0. The van der Waals surface area contributed by atoms with Crippen LogP contribution in [0.4, 0.5) is 11.5 Å². The second-order valence-corrected chi connectivity index (χ2v) is 5.04. The summed E-state index contributed by atoms with van der Waals surface area (Å²) in [6.07, 6.45) is 1.45. The molecule has 0 radical (unpaired) electrons. The number of rotatable bonds is 6. The molecule has 1 heterocycles. The smallest absolute Gasteiger partial charge is 0.250 e. The zero-order valence-corrected chi connectivity index (χ0v) is 10.9. The first-order valence-electron chi connectivity index (χ1n) is 5.44. The van der Waals surface area contributed by atoms with Gasteiger partial charge in [0.25, 0.3) is 5.91 Å². The van der Waals surface area contributed by atoms with Gasteiger partial charge in [-0.15, -0.1) is 0 Å². The fraction of sp³-hybridized carbons (Fsp3) is 0.455. The summed E-state index contributed by atoms with van der Waals surface area (Å²) in [6.45, 7) is 4.18. The fourth-order valence-electron chi connectivity index (χ4n) is 1.35. The van der Waals surface area contributed by atoms with Gasteiger partial charge >= 0.3 is 0 Å². The van der Waals surface area contributed by atoms with Crippen LogP contribution in [0.3, 0.4) is 0 Å². The van der Waals surface area contributed by atoms with Crippen molar-refractivity contribution in [3.8, 4) is 0 Å². The average molecular weight is 254 g/mol. The standard InChI is InChI=1S/C11H18N4OS/c1-3-17-6-7(2)15-10-4-8(11(13)16)9(12)5-14-10/h4-5,7H,3,6,12H2,1-2H3,(H2,13,16)(H,14,15). The molecular weight excluding hydrogens is 236 g/mol. The van der Waals surface area contributed by atoms with Gasteiger partial charge in [0.05, 0.1) is 17.4 Å². The number of nitrogens with zero attached hydrogens (tertiary/aromatic N) is 1. The highest BCUT2D eigenvalue weighted by molar-refractivity contribution is 7.99. The molecule has 1 amide bonds. The number of nitrogens with one attached hydrogen (secondary N) is 1. The first-order valence-corrected chi connectivity index (χ1v) is 6.59. The lowest BCUT2D eigenvalue weighted by atomic mass is 10.2. The van der Waals surface area contributed by atoms with Gasteiger partial charge in [-0.2, -0.15) is 11.8 Å². The van der Waals surface area contributed by atoms with Gasteiger partial charge in [-0.3, -0.25) is 4.79 Å². The molecule has 0 saturated heterocycles. The molecule has 0 aliphatic carbocycles. The molecule has 5 N–H and O–H groups in total. The molecule has 1 aromatic rings. The minimum Gasteiger partial charge on any atom is -0.397 e. The van der Waals surface area contributed by atoms with Crippen LogP contribution < -0.4 is 16.8 Å². The van der Waals surface area contributed by atoms with Crippen LogP contribution >= 0.6 is 11.8 Å². The molecule has 17 heavy (non-hydrogen) atoms. The van der Waals surface area contributed by atoms with E-state index in [-0.39, 0.29) is 6.04 Å². The van der Waals surface area contributed by atoms with Crippen molar-refractivity contribution in [3.05, 3.63) is 17.8 Å². The number of aromatic nitrogens is 1. The van der Waals surface area contributed by atoms with Crippen molar-refractivity contribution >= 4 is 29.2 Å². The lowest BCUT2D eigenvalue weighted by Gasteiger charge is -2.14. The predicted octanol–water partition coefficient (Wildman–Crippen LogP) is 1.32. The zero-order chi connectivity index (χ0) is 12.8. The molecule has 0 spiro atoms. The number of hydrogen-bond acceptors (Lipinski definition) is 5. The molecule has 1 atom stereocenters. The van der Waals surface area contributed by atoms with E-state index in [1.165, 1.54) is 6.20 Å². The number of carbonyl (C=O) groups excluding carboxylic acids is 1. The molecule has 0 saturated carbocycles. The molecule has 1 unspecified atom stereocenters. The van der Waals surface area contributed by atoms with Gasteiger partial charge in [0.15, 0.2) is 0 Å². The third kappa shape index (κ3) is 4.14. The van der Waals surface area contributed by atoms with Crippen molar-refractivity contribution in [1.82, 2.24) is 4.98 Å². The number of carbonyl (C=O) groups is 1. The van der Waals surface area contributed by atoms with Crippen molar-refractivity contribution in [2.24, 2.45) is 5.73 Å². The van der Waals surface area contributed by atoms with E-state index in [4.69, 9.17) is 11.5 Å². The van der Waals surface area contributed by atoms with Crippen LogP contribution in [-0.2, 0) is 0 Å². The zero-order valence-electron chi connectivity index (χ0n) is 10.1. The van der Waals surface area contributed by atoms with Gasteiger partial charge in [-0.1, -0.05) is 6.92 Å². The second-order valence-electron chi connectivity index (χ2n) is 3.73. The predicted molar refractivity (Wildman–Crippen MR) is 73.3 cm³/mol. The van der Waals surface area contributed by atoms with Crippen molar-refractivity contribution in [2.75, 3.05) is 22.6 Å². The molecule has 1 rings (SSSR count). The number of primary amides is 1. The Morgan fingerprint density at radius 1 is 1.65 bits per heavy atom. The Labute approximate surface area is 105 Å². The SMILES string of the molecule is CCSCC(C)Nc1cc(C(N)=O)c(N)cn1. The molecule has 1 aromatic heterocycles. The first-order chi connectivity index (χ1) is 8.04. The Kier molecular flexibility index (Phi) is 5.09. The summed E-state index contributed by atoms with van der Waals surface area (Å²) in [6, 6.07) is 1.86. The van der Waals surface area contributed by atoms with Crippen LogP contribution in [0.15, 0.2) is 12.3 Å². The van der Waals surface area contributed by atoms with Crippen molar-refractivity contribution in [2.45, 2.75) is 19.9 Å².